The highest BCUT2D eigenvalue weighted by molar-refractivity contribution is 5.97. The second-order valence-corrected chi connectivity index (χ2v) is 7.76. The summed E-state index contributed by atoms with van der Waals surface area (Å²) in [6.45, 7) is 3.36. The van der Waals surface area contributed by atoms with E-state index in [1.807, 2.05) is 54.6 Å². The third kappa shape index (κ3) is 3.41. The monoisotopic (exact) mass is 426 g/mol. The maximum atomic E-state index is 12.7. The Bertz CT molecular complexity index is 1340. The third-order valence-electron chi connectivity index (χ3n) is 5.67. The molecule has 2 aromatic heterocycles. The summed E-state index contributed by atoms with van der Waals surface area (Å²) >= 11 is 0. The van der Waals surface area contributed by atoms with Crippen LogP contribution in [0.3, 0.4) is 0 Å². The molecule has 0 radical (unpaired) electrons. The van der Waals surface area contributed by atoms with Crippen molar-refractivity contribution < 1.29 is 14.3 Å². The molecule has 0 bridgehead atoms. The molecule has 0 saturated heterocycles. The maximum Gasteiger partial charge on any atom is 0.228 e. The molecule has 0 unspecified atom stereocenters. The molecule has 0 fully saturated rings. The third-order valence-corrected chi connectivity index (χ3v) is 5.67. The van der Waals surface area contributed by atoms with Gasteiger partial charge in [0.05, 0.1) is 12.7 Å². The average molecular weight is 426 g/mol. The summed E-state index contributed by atoms with van der Waals surface area (Å²) in [5.74, 6) is 1.99. The normalized spacial score (nSPS) is 15.4. The van der Waals surface area contributed by atoms with E-state index >= 15 is 0 Å². The molecule has 4 aromatic rings. The number of carbonyl (C=O) groups is 1. The van der Waals surface area contributed by atoms with Crippen molar-refractivity contribution in [1.29, 1.82) is 0 Å². The molecule has 32 heavy (non-hydrogen) atoms. The largest absolute Gasteiger partial charge is 0.497 e. The lowest BCUT2D eigenvalue weighted by Gasteiger charge is -2.28. The van der Waals surface area contributed by atoms with Gasteiger partial charge in [0.2, 0.25) is 5.88 Å². The molecule has 2 aromatic carbocycles. The number of methoxy groups -OCH3 is 1. The van der Waals surface area contributed by atoms with E-state index in [9.17, 15) is 4.79 Å². The highest BCUT2D eigenvalue weighted by Gasteiger charge is 2.35. The van der Waals surface area contributed by atoms with E-state index in [2.05, 4.69) is 10.1 Å². The van der Waals surface area contributed by atoms with Gasteiger partial charge in [0.25, 0.3) is 0 Å². The van der Waals surface area contributed by atoms with Crippen molar-refractivity contribution >= 4 is 11.4 Å². The molecule has 1 aliphatic heterocycles. The second-order valence-electron chi connectivity index (χ2n) is 7.76. The van der Waals surface area contributed by atoms with Crippen molar-refractivity contribution in [1.82, 2.24) is 19.6 Å². The van der Waals surface area contributed by atoms with Gasteiger partial charge in [0.1, 0.15) is 17.8 Å². The fourth-order valence-corrected chi connectivity index (χ4v) is 4.22. The Kier molecular flexibility index (Phi) is 4.93. The fraction of sp³-hybridized carbons (Fsp3) is 0.200. The molecular weight excluding hydrogens is 404 g/mol. The van der Waals surface area contributed by atoms with E-state index in [1.165, 1.54) is 0 Å². The summed E-state index contributed by atoms with van der Waals surface area (Å²) in [5.41, 5.74) is 4.01. The standard InChI is InChI=1S/C25H22N4O3/c1-15(30)21-16(2)32-25-23(22(21)18-9-11-19(31-3)12-10-18)24-27-20(28-29(24)14-26-25)13-17-7-5-4-6-8-17/h4-12,14,22H,13H2,1-3H3/t22-/m1/s1. The number of benzene rings is 2. The Balaban J connectivity index is 1.68. The fourth-order valence-electron chi connectivity index (χ4n) is 4.22. The lowest BCUT2D eigenvalue weighted by atomic mass is 9.82. The van der Waals surface area contributed by atoms with E-state index in [-0.39, 0.29) is 11.7 Å². The molecule has 160 valence electrons. The van der Waals surface area contributed by atoms with Crippen LogP contribution in [0.5, 0.6) is 11.6 Å². The Morgan fingerprint density at radius 3 is 2.56 bits per heavy atom. The van der Waals surface area contributed by atoms with E-state index < -0.39 is 0 Å². The minimum absolute atomic E-state index is 0.0556. The first-order chi connectivity index (χ1) is 15.5. The average Bonchev–Trinajstić information content (AvgIpc) is 3.21. The van der Waals surface area contributed by atoms with Crippen LogP contribution in [0, 0.1) is 0 Å². The Morgan fingerprint density at radius 2 is 1.88 bits per heavy atom. The van der Waals surface area contributed by atoms with Crippen LogP contribution in [-0.2, 0) is 11.2 Å². The van der Waals surface area contributed by atoms with E-state index in [4.69, 9.17) is 14.5 Å². The Hall–Kier alpha value is -4.00. The summed E-state index contributed by atoms with van der Waals surface area (Å²) in [4.78, 5) is 22.0. The topological polar surface area (TPSA) is 78.6 Å². The molecular formula is C25H22N4O3. The zero-order valence-corrected chi connectivity index (χ0v) is 18.1. The molecule has 1 atom stereocenters. The molecule has 3 heterocycles. The van der Waals surface area contributed by atoms with Crippen LogP contribution in [0.25, 0.3) is 5.65 Å². The summed E-state index contributed by atoms with van der Waals surface area (Å²) < 4.78 is 13.0. The first kappa shape index (κ1) is 19.9. The van der Waals surface area contributed by atoms with Crippen LogP contribution in [0.2, 0.25) is 0 Å². The van der Waals surface area contributed by atoms with Crippen molar-refractivity contribution in [2.24, 2.45) is 0 Å². The van der Waals surface area contributed by atoms with Crippen molar-refractivity contribution in [2.75, 3.05) is 7.11 Å². The van der Waals surface area contributed by atoms with Crippen molar-refractivity contribution in [3.8, 4) is 11.6 Å². The molecule has 5 rings (SSSR count). The van der Waals surface area contributed by atoms with E-state index in [0.29, 0.717) is 35.1 Å². The van der Waals surface area contributed by atoms with Gasteiger partial charge in [-0.3, -0.25) is 4.79 Å². The van der Waals surface area contributed by atoms with Gasteiger partial charge in [0, 0.05) is 17.9 Å². The van der Waals surface area contributed by atoms with Crippen LogP contribution < -0.4 is 9.47 Å². The van der Waals surface area contributed by atoms with Gasteiger partial charge in [0.15, 0.2) is 17.3 Å². The summed E-state index contributed by atoms with van der Waals surface area (Å²) in [7, 11) is 1.63. The second kappa shape index (κ2) is 7.92. The van der Waals surface area contributed by atoms with Gasteiger partial charge >= 0.3 is 0 Å². The zero-order valence-electron chi connectivity index (χ0n) is 18.1. The van der Waals surface area contributed by atoms with Gasteiger partial charge in [-0.1, -0.05) is 42.5 Å². The molecule has 0 amide bonds. The lowest BCUT2D eigenvalue weighted by Crippen LogP contribution is -2.22. The van der Waals surface area contributed by atoms with E-state index in [1.54, 1.807) is 31.8 Å². The van der Waals surface area contributed by atoms with Gasteiger partial charge in [-0.25, -0.2) is 14.5 Å². The van der Waals surface area contributed by atoms with Crippen LogP contribution >= 0.6 is 0 Å². The minimum atomic E-state index is -0.368. The highest BCUT2D eigenvalue weighted by Crippen LogP contribution is 2.44. The maximum absolute atomic E-state index is 12.7. The summed E-state index contributed by atoms with van der Waals surface area (Å²) in [6, 6.07) is 17.7. The number of aromatic nitrogens is 4. The molecule has 0 aliphatic carbocycles. The minimum Gasteiger partial charge on any atom is -0.497 e. The summed E-state index contributed by atoms with van der Waals surface area (Å²) in [6.07, 6.45) is 2.20. The number of rotatable bonds is 5. The van der Waals surface area contributed by atoms with Crippen LogP contribution in [-0.4, -0.2) is 32.5 Å². The van der Waals surface area contributed by atoms with Gasteiger partial charge in [-0.05, 0) is 37.1 Å². The molecule has 7 nitrogen and oxygen atoms in total. The molecule has 7 heteroatoms. The first-order valence-corrected chi connectivity index (χ1v) is 10.4. The summed E-state index contributed by atoms with van der Waals surface area (Å²) in [5, 5.41) is 4.63. The number of nitrogens with zero attached hydrogens (tertiary/aromatic N) is 4. The number of ketones is 1. The quantitative estimate of drug-likeness (QED) is 0.478. The Morgan fingerprint density at radius 1 is 1.12 bits per heavy atom. The van der Waals surface area contributed by atoms with Gasteiger partial charge in [-0.2, -0.15) is 0 Å². The van der Waals surface area contributed by atoms with Gasteiger partial charge in [-0.15, -0.1) is 5.10 Å². The highest BCUT2D eigenvalue weighted by atomic mass is 16.5. The first-order valence-electron chi connectivity index (χ1n) is 10.4. The number of Topliss-reactive ketones (excluding diaryl/α,β-unsaturated/α-hetero) is 1. The molecule has 0 saturated carbocycles. The van der Waals surface area contributed by atoms with Crippen LogP contribution in [0.15, 0.2) is 72.3 Å². The van der Waals surface area contributed by atoms with Crippen molar-refractivity contribution in [3.05, 3.63) is 94.8 Å². The molecule has 0 N–H and O–H groups in total. The predicted octanol–water partition coefficient (Wildman–Crippen LogP) is 4.11. The number of hydrogen-bond donors (Lipinski definition) is 0. The number of fused-ring (bicyclic) bond motifs is 3. The smallest absolute Gasteiger partial charge is 0.228 e. The zero-order chi connectivity index (χ0) is 22.2. The van der Waals surface area contributed by atoms with Crippen LogP contribution in [0.4, 0.5) is 0 Å². The molecule has 1 aliphatic rings. The van der Waals surface area contributed by atoms with E-state index in [0.717, 1.165) is 22.4 Å². The van der Waals surface area contributed by atoms with Crippen molar-refractivity contribution in [2.45, 2.75) is 26.2 Å². The number of ether oxygens (including phenoxy) is 2. The number of allylic oxidation sites excluding steroid dienone is 2. The Labute approximate surface area is 185 Å². The SMILES string of the molecule is COc1ccc([C@@H]2C(C(C)=O)=C(C)Oc3ncn4nc(Cc5ccccc5)nc4c32)cc1. The predicted molar refractivity (Wildman–Crippen MR) is 119 cm³/mol. The number of hydrogen-bond acceptors (Lipinski definition) is 6. The lowest BCUT2D eigenvalue weighted by molar-refractivity contribution is -0.114. The van der Waals surface area contributed by atoms with Crippen LogP contribution in [0.1, 0.15) is 42.3 Å². The van der Waals surface area contributed by atoms with Crippen molar-refractivity contribution in [3.63, 3.8) is 0 Å². The number of carbonyl (C=O) groups excluding carboxylic acids is 1. The van der Waals surface area contributed by atoms with Gasteiger partial charge < -0.3 is 9.47 Å². The molecule has 0 spiro atoms.